The number of carbonyl (C=O) groups excluding carboxylic acids is 2. The zero-order valence-corrected chi connectivity index (χ0v) is 20.2. The van der Waals surface area contributed by atoms with Crippen molar-refractivity contribution in [3.05, 3.63) is 70.8 Å². The lowest BCUT2D eigenvalue weighted by atomic mass is 9.97. The van der Waals surface area contributed by atoms with E-state index in [2.05, 4.69) is 27.7 Å². The third-order valence-corrected chi connectivity index (χ3v) is 5.65. The van der Waals surface area contributed by atoms with Gasteiger partial charge in [-0.2, -0.15) is 0 Å². The van der Waals surface area contributed by atoms with Gasteiger partial charge in [0.1, 0.15) is 0 Å². The molecule has 0 aliphatic rings. The summed E-state index contributed by atoms with van der Waals surface area (Å²) < 4.78 is 10.2. The Morgan fingerprint density at radius 2 is 0.968 bits per heavy atom. The van der Waals surface area contributed by atoms with E-state index >= 15 is 0 Å². The van der Waals surface area contributed by atoms with Crippen LogP contribution in [0.5, 0.6) is 0 Å². The van der Waals surface area contributed by atoms with Crippen LogP contribution in [0.15, 0.2) is 48.5 Å². The van der Waals surface area contributed by atoms with Crippen LogP contribution in [0, 0.1) is 11.8 Å². The lowest BCUT2D eigenvalue weighted by molar-refractivity contribution is -0.137. The molecule has 2 aromatic carbocycles. The van der Waals surface area contributed by atoms with E-state index in [1.807, 2.05) is 48.5 Å². The Labute approximate surface area is 191 Å². The lowest BCUT2D eigenvalue weighted by Crippen LogP contribution is -2.13. The van der Waals surface area contributed by atoms with E-state index in [4.69, 9.17) is 8.37 Å². The zero-order chi connectivity index (χ0) is 23.0. The summed E-state index contributed by atoms with van der Waals surface area (Å²) in [4.78, 5) is 24.6. The summed E-state index contributed by atoms with van der Waals surface area (Å²) >= 11 is 0.440. The molecule has 0 aliphatic heterocycles. The van der Waals surface area contributed by atoms with E-state index in [0.29, 0.717) is 24.2 Å². The molecule has 0 saturated carbocycles. The summed E-state index contributed by atoms with van der Waals surface area (Å²) in [6, 6.07) is 16.0. The van der Waals surface area contributed by atoms with Crippen LogP contribution in [0.2, 0.25) is 0 Å². The molecule has 0 amide bonds. The topological polar surface area (TPSA) is 52.6 Å². The molecule has 4 nitrogen and oxygen atoms in total. The molecular weight excluding hydrogens is 408 g/mol. The predicted molar refractivity (Wildman–Crippen MR) is 127 cm³/mol. The van der Waals surface area contributed by atoms with Crippen molar-refractivity contribution in [2.45, 2.75) is 66.2 Å². The maximum atomic E-state index is 12.3. The van der Waals surface area contributed by atoms with Crippen LogP contribution < -0.4 is 0 Å². The molecule has 31 heavy (non-hydrogen) atoms. The first-order valence-corrected chi connectivity index (χ1v) is 11.6. The molecule has 5 heteroatoms. The van der Waals surface area contributed by atoms with Crippen molar-refractivity contribution in [2.24, 2.45) is 11.8 Å². The number of hydrogen-bond donors (Lipinski definition) is 0. The summed E-state index contributed by atoms with van der Waals surface area (Å²) in [7, 11) is 0. The molecule has 0 fully saturated rings. The van der Waals surface area contributed by atoms with Gasteiger partial charge in [-0.3, -0.25) is 9.59 Å². The maximum Gasteiger partial charge on any atom is 0.328 e. The summed E-state index contributed by atoms with van der Waals surface area (Å²) in [6.07, 6.45) is 2.01. The normalized spacial score (nSPS) is 13.2. The van der Waals surface area contributed by atoms with Crippen molar-refractivity contribution in [1.82, 2.24) is 0 Å². The van der Waals surface area contributed by atoms with Gasteiger partial charge in [-0.05, 0) is 60.8 Å². The van der Waals surface area contributed by atoms with E-state index in [1.165, 1.54) is 11.1 Å². The second-order valence-corrected chi connectivity index (χ2v) is 9.46. The molecule has 0 aliphatic carbocycles. The van der Waals surface area contributed by atoms with E-state index in [9.17, 15) is 9.59 Å². The Morgan fingerprint density at radius 1 is 0.645 bits per heavy atom. The van der Waals surface area contributed by atoms with Crippen molar-refractivity contribution in [1.29, 1.82) is 0 Å². The Bertz CT molecular complexity index is 769. The number of carbonyl (C=O) groups is 2. The highest BCUT2D eigenvalue weighted by Crippen LogP contribution is 2.24. The van der Waals surface area contributed by atoms with E-state index in [1.54, 1.807) is 13.8 Å². The minimum atomic E-state index is -0.444. The predicted octanol–water partition coefficient (Wildman–Crippen LogP) is 6.64. The maximum absolute atomic E-state index is 12.3. The third-order valence-electron chi connectivity index (χ3n) is 5.19. The molecule has 0 radical (unpaired) electrons. The number of rotatable bonds is 10. The van der Waals surface area contributed by atoms with Crippen molar-refractivity contribution >= 4 is 24.3 Å². The SMILES string of the molecule is CC(C)Cc1ccc([C@@H](C)C(=O)OSOC(=O)[C@H](C)c2ccc(CC(C)C)cc2)cc1. The third kappa shape index (κ3) is 8.06. The molecular formula is C26H34O4S. The highest BCUT2D eigenvalue weighted by atomic mass is 32.2. The largest absolute Gasteiger partial charge is 0.354 e. The summed E-state index contributed by atoms with van der Waals surface area (Å²) in [5.41, 5.74) is 4.24. The first kappa shape index (κ1) is 25.0. The van der Waals surface area contributed by atoms with Crippen molar-refractivity contribution in [3.63, 3.8) is 0 Å². The fraction of sp³-hybridized carbons (Fsp3) is 0.462. The average Bonchev–Trinajstić information content (AvgIpc) is 2.72. The quantitative estimate of drug-likeness (QED) is 0.386. The molecule has 0 spiro atoms. The fourth-order valence-corrected chi connectivity index (χ4v) is 3.78. The van der Waals surface area contributed by atoms with Crippen LogP contribution in [-0.4, -0.2) is 11.9 Å². The Balaban J connectivity index is 1.81. The Kier molecular flexibility index (Phi) is 9.63. The highest BCUT2D eigenvalue weighted by molar-refractivity contribution is 7.90. The molecule has 0 N–H and O–H groups in total. The number of benzene rings is 2. The molecule has 2 atom stereocenters. The molecule has 168 valence electrons. The van der Waals surface area contributed by atoms with Gasteiger partial charge in [-0.1, -0.05) is 76.2 Å². The molecule has 0 aromatic heterocycles. The monoisotopic (exact) mass is 442 g/mol. The smallest absolute Gasteiger partial charge is 0.328 e. The fourth-order valence-electron chi connectivity index (χ4n) is 3.33. The van der Waals surface area contributed by atoms with Crippen LogP contribution in [0.4, 0.5) is 0 Å². The second-order valence-electron chi connectivity index (χ2n) is 9.00. The van der Waals surface area contributed by atoms with Gasteiger partial charge in [-0.25, -0.2) is 0 Å². The molecule has 0 unspecified atom stereocenters. The van der Waals surface area contributed by atoms with Gasteiger partial charge in [0.2, 0.25) is 0 Å². The minimum absolute atomic E-state index is 0.440. The molecule has 2 aromatic rings. The second kappa shape index (κ2) is 11.9. The molecule has 0 heterocycles. The molecule has 0 saturated heterocycles. The van der Waals surface area contributed by atoms with Crippen LogP contribution in [-0.2, 0) is 30.8 Å². The minimum Gasteiger partial charge on any atom is -0.354 e. The first-order chi connectivity index (χ1) is 14.7. The lowest BCUT2D eigenvalue weighted by Gasteiger charge is -2.13. The number of hydrogen-bond acceptors (Lipinski definition) is 5. The van der Waals surface area contributed by atoms with Crippen LogP contribution in [0.1, 0.15) is 75.6 Å². The van der Waals surface area contributed by atoms with Gasteiger partial charge in [0.05, 0.1) is 11.8 Å². The summed E-state index contributed by atoms with van der Waals surface area (Å²) in [5.74, 6) is -0.602. The highest BCUT2D eigenvalue weighted by Gasteiger charge is 2.21. The van der Waals surface area contributed by atoms with E-state index in [0.717, 1.165) is 24.0 Å². The van der Waals surface area contributed by atoms with Gasteiger partial charge in [-0.15, -0.1) is 0 Å². The van der Waals surface area contributed by atoms with E-state index < -0.39 is 23.8 Å². The molecule has 0 bridgehead atoms. The summed E-state index contributed by atoms with van der Waals surface area (Å²) in [5, 5.41) is 0. The van der Waals surface area contributed by atoms with Crippen molar-refractivity contribution in [3.8, 4) is 0 Å². The summed E-state index contributed by atoms with van der Waals surface area (Å²) in [6.45, 7) is 12.3. The van der Waals surface area contributed by atoms with Crippen LogP contribution >= 0.6 is 12.3 Å². The van der Waals surface area contributed by atoms with Gasteiger partial charge in [0.15, 0.2) is 0 Å². The Morgan fingerprint density at radius 3 is 1.26 bits per heavy atom. The standard InChI is InChI=1S/C26H34O4S/c1-17(2)15-21-7-11-23(12-8-21)19(5)25(27)29-31-30-26(28)20(6)24-13-9-22(10-14-24)16-18(3)4/h7-14,17-20H,15-16H2,1-6H3/t19-,20-/m1/s1. The van der Waals surface area contributed by atoms with Crippen LogP contribution in [0.3, 0.4) is 0 Å². The average molecular weight is 443 g/mol. The van der Waals surface area contributed by atoms with E-state index in [-0.39, 0.29) is 0 Å². The van der Waals surface area contributed by atoms with Crippen LogP contribution in [0.25, 0.3) is 0 Å². The van der Waals surface area contributed by atoms with Gasteiger partial charge >= 0.3 is 11.9 Å². The van der Waals surface area contributed by atoms with Gasteiger partial charge in [0.25, 0.3) is 12.3 Å². The van der Waals surface area contributed by atoms with Crippen molar-refractivity contribution in [2.75, 3.05) is 0 Å². The first-order valence-electron chi connectivity index (χ1n) is 10.9. The Hall–Kier alpha value is -2.27. The van der Waals surface area contributed by atoms with Gasteiger partial charge in [0, 0.05) is 0 Å². The zero-order valence-electron chi connectivity index (χ0n) is 19.4. The van der Waals surface area contributed by atoms with Crippen molar-refractivity contribution < 1.29 is 18.0 Å². The molecule has 2 rings (SSSR count). The van der Waals surface area contributed by atoms with Gasteiger partial charge < -0.3 is 8.37 Å².